The van der Waals surface area contributed by atoms with Crippen molar-refractivity contribution in [3.8, 4) is 0 Å². The first-order valence-electron chi connectivity index (χ1n) is 8.76. The normalized spacial score (nSPS) is 18.8. The maximum absolute atomic E-state index is 12.2. The Morgan fingerprint density at radius 2 is 1.80 bits per heavy atom. The van der Waals surface area contributed by atoms with Gasteiger partial charge in [0, 0.05) is 25.7 Å². The molecule has 2 aromatic rings. The summed E-state index contributed by atoms with van der Waals surface area (Å²) in [7, 11) is 0. The minimum atomic E-state index is -0.178. The van der Waals surface area contributed by atoms with Crippen molar-refractivity contribution >= 4 is 6.03 Å². The number of carbonyl (C=O) groups excluding carboxylic acids is 1. The van der Waals surface area contributed by atoms with Crippen molar-refractivity contribution in [1.82, 2.24) is 15.5 Å². The van der Waals surface area contributed by atoms with Gasteiger partial charge in [-0.05, 0) is 42.6 Å². The smallest absolute Gasteiger partial charge is 0.317 e. The van der Waals surface area contributed by atoms with Crippen LogP contribution >= 0.6 is 0 Å². The van der Waals surface area contributed by atoms with Crippen molar-refractivity contribution in [3.63, 3.8) is 0 Å². The van der Waals surface area contributed by atoms with Gasteiger partial charge in [0.1, 0.15) is 5.82 Å². The van der Waals surface area contributed by atoms with Crippen LogP contribution in [-0.4, -0.2) is 36.6 Å². The number of fused-ring (bicyclic) bond motifs is 1. The second-order valence-corrected chi connectivity index (χ2v) is 6.38. The van der Waals surface area contributed by atoms with Crippen LogP contribution in [-0.2, 0) is 13.0 Å². The molecule has 2 heterocycles. The summed E-state index contributed by atoms with van der Waals surface area (Å²) in [6.07, 6.45) is 2.00. The van der Waals surface area contributed by atoms with E-state index >= 15 is 0 Å². The van der Waals surface area contributed by atoms with Gasteiger partial charge in [-0.25, -0.2) is 9.18 Å². The third kappa shape index (κ3) is 5.03. The highest BCUT2D eigenvalue weighted by molar-refractivity contribution is 5.75. The zero-order valence-electron chi connectivity index (χ0n) is 14.2. The first kappa shape index (κ1) is 17.4. The standard InChI is InChI=1S/C14H19N3O.C6H5F/c18-14(16-13-5-7-15-9-13)17-8-6-11-3-1-2-4-12(11)10-17;7-6-4-2-1-3-5-6/h1-4,13,15H,5-10H2,(H,16,18);1-5H. The van der Waals surface area contributed by atoms with E-state index in [4.69, 9.17) is 0 Å². The van der Waals surface area contributed by atoms with E-state index in [2.05, 4.69) is 28.8 Å². The van der Waals surface area contributed by atoms with Gasteiger partial charge in [-0.1, -0.05) is 42.5 Å². The van der Waals surface area contributed by atoms with Crippen LogP contribution in [0, 0.1) is 5.82 Å². The predicted octanol–water partition coefficient (Wildman–Crippen LogP) is 2.94. The monoisotopic (exact) mass is 341 g/mol. The third-order valence-electron chi connectivity index (χ3n) is 4.54. The summed E-state index contributed by atoms with van der Waals surface area (Å²) in [5.41, 5.74) is 2.66. The Hall–Kier alpha value is -2.40. The number of benzene rings is 2. The van der Waals surface area contributed by atoms with Crippen LogP contribution in [0.2, 0.25) is 0 Å². The van der Waals surface area contributed by atoms with E-state index in [0.29, 0.717) is 6.04 Å². The van der Waals surface area contributed by atoms with Crippen LogP contribution in [0.1, 0.15) is 17.5 Å². The van der Waals surface area contributed by atoms with Gasteiger partial charge in [0.2, 0.25) is 0 Å². The quantitative estimate of drug-likeness (QED) is 0.838. The van der Waals surface area contributed by atoms with Crippen molar-refractivity contribution in [2.75, 3.05) is 19.6 Å². The second-order valence-electron chi connectivity index (χ2n) is 6.38. The molecule has 132 valence electrons. The maximum Gasteiger partial charge on any atom is 0.317 e. The van der Waals surface area contributed by atoms with Gasteiger partial charge in [-0.3, -0.25) is 0 Å². The molecule has 1 saturated heterocycles. The first-order chi connectivity index (χ1) is 12.2. The second kappa shape index (κ2) is 8.62. The number of rotatable bonds is 1. The van der Waals surface area contributed by atoms with Crippen LogP contribution in [0.25, 0.3) is 0 Å². The molecule has 0 saturated carbocycles. The topological polar surface area (TPSA) is 44.4 Å². The molecule has 2 aliphatic rings. The summed E-state index contributed by atoms with van der Waals surface area (Å²) in [6.45, 7) is 3.47. The summed E-state index contributed by atoms with van der Waals surface area (Å²) < 4.78 is 11.9. The van der Waals surface area contributed by atoms with E-state index in [1.807, 2.05) is 11.0 Å². The molecular weight excluding hydrogens is 317 g/mol. The maximum atomic E-state index is 12.2. The molecule has 2 amide bonds. The highest BCUT2D eigenvalue weighted by Gasteiger charge is 2.23. The van der Waals surface area contributed by atoms with Crippen molar-refractivity contribution < 1.29 is 9.18 Å². The SMILES string of the molecule is Fc1ccccc1.O=C(NC1CCNC1)N1CCc2ccccc2C1. The van der Waals surface area contributed by atoms with Crippen molar-refractivity contribution in [1.29, 1.82) is 0 Å². The molecular formula is C20H24FN3O. The molecule has 25 heavy (non-hydrogen) atoms. The van der Waals surface area contributed by atoms with Gasteiger partial charge < -0.3 is 15.5 Å². The average Bonchev–Trinajstić information content (AvgIpc) is 3.15. The first-order valence-corrected chi connectivity index (χ1v) is 8.76. The fourth-order valence-electron chi connectivity index (χ4n) is 3.13. The molecule has 4 rings (SSSR count). The molecule has 1 atom stereocenters. The third-order valence-corrected chi connectivity index (χ3v) is 4.54. The molecule has 0 spiro atoms. The lowest BCUT2D eigenvalue weighted by Crippen LogP contribution is -2.47. The van der Waals surface area contributed by atoms with Crippen LogP contribution in [0.3, 0.4) is 0 Å². The van der Waals surface area contributed by atoms with E-state index < -0.39 is 0 Å². The fourth-order valence-corrected chi connectivity index (χ4v) is 3.13. The van der Waals surface area contributed by atoms with Crippen LogP contribution < -0.4 is 10.6 Å². The molecule has 1 unspecified atom stereocenters. The summed E-state index contributed by atoms with van der Waals surface area (Å²) in [4.78, 5) is 14.1. The molecule has 0 radical (unpaired) electrons. The largest absolute Gasteiger partial charge is 0.334 e. The Balaban J connectivity index is 0.000000219. The lowest BCUT2D eigenvalue weighted by molar-refractivity contribution is 0.189. The molecule has 2 aromatic carbocycles. The Morgan fingerprint density at radius 1 is 1.08 bits per heavy atom. The molecule has 0 bridgehead atoms. The van der Waals surface area contributed by atoms with E-state index in [0.717, 1.165) is 39.0 Å². The number of nitrogens with one attached hydrogen (secondary N) is 2. The summed E-state index contributed by atoms with van der Waals surface area (Å²) in [5, 5.41) is 6.37. The van der Waals surface area contributed by atoms with Crippen LogP contribution in [0.4, 0.5) is 9.18 Å². The van der Waals surface area contributed by atoms with Gasteiger partial charge in [-0.15, -0.1) is 0 Å². The number of amides is 2. The molecule has 0 aromatic heterocycles. The van der Waals surface area contributed by atoms with Gasteiger partial charge in [0.15, 0.2) is 0 Å². The Labute approximate surface area is 148 Å². The number of urea groups is 1. The van der Waals surface area contributed by atoms with Gasteiger partial charge >= 0.3 is 6.03 Å². The molecule has 1 fully saturated rings. The number of carbonyl (C=O) groups is 1. The minimum Gasteiger partial charge on any atom is -0.334 e. The summed E-state index contributed by atoms with van der Waals surface area (Å²) in [5.74, 6) is -0.178. The van der Waals surface area contributed by atoms with Gasteiger partial charge in [0.25, 0.3) is 0 Å². The molecule has 0 aliphatic carbocycles. The molecule has 2 aliphatic heterocycles. The zero-order valence-corrected chi connectivity index (χ0v) is 14.2. The van der Waals surface area contributed by atoms with E-state index in [-0.39, 0.29) is 11.8 Å². The van der Waals surface area contributed by atoms with Crippen LogP contribution in [0.5, 0.6) is 0 Å². The van der Waals surface area contributed by atoms with Crippen molar-refractivity contribution in [2.24, 2.45) is 0 Å². The number of hydrogen-bond acceptors (Lipinski definition) is 2. The average molecular weight is 341 g/mol. The Kier molecular flexibility index (Phi) is 6.01. The van der Waals surface area contributed by atoms with Crippen molar-refractivity contribution in [3.05, 3.63) is 71.5 Å². The Morgan fingerprint density at radius 3 is 2.44 bits per heavy atom. The van der Waals surface area contributed by atoms with Crippen molar-refractivity contribution in [2.45, 2.75) is 25.4 Å². The zero-order chi connectivity index (χ0) is 17.5. The van der Waals surface area contributed by atoms with E-state index in [9.17, 15) is 9.18 Å². The number of nitrogens with zero attached hydrogens (tertiary/aromatic N) is 1. The van der Waals surface area contributed by atoms with Crippen LogP contribution in [0.15, 0.2) is 54.6 Å². The summed E-state index contributed by atoms with van der Waals surface area (Å²) in [6, 6.07) is 16.7. The molecule has 2 N–H and O–H groups in total. The highest BCUT2D eigenvalue weighted by Crippen LogP contribution is 2.18. The summed E-state index contributed by atoms with van der Waals surface area (Å²) >= 11 is 0. The predicted molar refractivity (Wildman–Crippen MR) is 96.8 cm³/mol. The van der Waals surface area contributed by atoms with Gasteiger partial charge in [-0.2, -0.15) is 0 Å². The van der Waals surface area contributed by atoms with Gasteiger partial charge in [0.05, 0.1) is 0 Å². The number of halogens is 1. The minimum absolute atomic E-state index is 0.0817. The Bertz CT molecular complexity index is 686. The molecule has 4 nitrogen and oxygen atoms in total. The van der Waals surface area contributed by atoms with E-state index in [1.165, 1.54) is 23.3 Å². The lowest BCUT2D eigenvalue weighted by Gasteiger charge is -2.30. The van der Waals surface area contributed by atoms with E-state index in [1.54, 1.807) is 18.2 Å². The lowest BCUT2D eigenvalue weighted by atomic mass is 10.0. The molecule has 5 heteroatoms. The fraction of sp³-hybridized carbons (Fsp3) is 0.350. The number of hydrogen-bond donors (Lipinski definition) is 2. The highest BCUT2D eigenvalue weighted by atomic mass is 19.1.